The van der Waals surface area contributed by atoms with Crippen molar-refractivity contribution in [2.24, 2.45) is 11.8 Å². The summed E-state index contributed by atoms with van der Waals surface area (Å²) in [5.74, 6) is 1.35. The lowest BCUT2D eigenvalue weighted by Crippen LogP contribution is -2.17. The molecule has 2 nitrogen and oxygen atoms in total. The molecule has 0 aliphatic heterocycles. The van der Waals surface area contributed by atoms with Crippen molar-refractivity contribution in [2.45, 2.75) is 64.2 Å². The molecule has 2 aliphatic rings. The molecule has 0 saturated heterocycles. The van der Waals surface area contributed by atoms with Gasteiger partial charge >= 0.3 is 0 Å². The first-order valence-electron chi connectivity index (χ1n) is 7.86. The zero-order valence-corrected chi connectivity index (χ0v) is 12.8. The van der Waals surface area contributed by atoms with Gasteiger partial charge in [0.2, 0.25) is 7.37 Å². The van der Waals surface area contributed by atoms with Crippen LogP contribution in [0.1, 0.15) is 64.2 Å². The highest BCUT2D eigenvalue weighted by Crippen LogP contribution is 2.52. The van der Waals surface area contributed by atoms with Gasteiger partial charge in [-0.15, -0.1) is 0 Å². The third kappa shape index (κ3) is 4.38. The van der Waals surface area contributed by atoms with Gasteiger partial charge in [0.05, 0.1) is 0 Å². The predicted molar refractivity (Wildman–Crippen MR) is 77.5 cm³/mol. The second-order valence-electron chi connectivity index (χ2n) is 6.37. The minimum absolute atomic E-state index is 0.674. The smallest absolute Gasteiger partial charge is 0.203 e. The Morgan fingerprint density at radius 3 is 1.56 bits per heavy atom. The van der Waals surface area contributed by atoms with E-state index in [1.165, 1.54) is 64.2 Å². The van der Waals surface area contributed by atoms with E-state index in [1.807, 2.05) is 0 Å². The predicted octanol–water partition coefficient (Wildman–Crippen LogP) is 5.07. The van der Waals surface area contributed by atoms with E-state index in [9.17, 15) is 4.57 Å². The van der Waals surface area contributed by atoms with Crippen LogP contribution in [0.5, 0.6) is 0 Å². The van der Waals surface area contributed by atoms with Crippen LogP contribution in [0.2, 0.25) is 0 Å². The van der Waals surface area contributed by atoms with E-state index in [4.69, 9.17) is 4.52 Å². The van der Waals surface area contributed by atoms with Gasteiger partial charge < -0.3 is 4.52 Å². The Kier molecular flexibility index (Phi) is 5.76. The monoisotopic (exact) mass is 272 g/mol. The van der Waals surface area contributed by atoms with E-state index in [0.29, 0.717) is 11.8 Å². The fraction of sp³-hybridized carbons (Fsp3) is 1.00. The van der Waals surface area contributed by atoms with Crippen LogP contribution in [0, 0.1) is 11.8 Å². The molecule has 0 aromatic rings. The summed E-state index contributed by atoms with van der Waals surface area (Å²) in [7, 11) is -0.664. The summed E-state index contributed by atoms with van der Waals surface area (Å²) in [6.45, 7) is 0. The highest BCUT2D eigenvalue weighted by Gasteiger charge is 2.31. The first-order chi connectivity index (χ1) is 8.72. The molecule has 3 heteroatoms. The molecule has 18 heavy (non-hydrogen) atoms. The van der Waals surface area contributed by atoms with E-state index >= 15 is 0 Å². The van der Waals surface area contributed by atoms with Gasteiger partial charge in [-0.3, -0.25) is 4.57 Å². The zero-order valence-electron chi connectivity index (χ0n) is 11.9. The summed E-state index contributed by atoms with van der Waals surface area (Å²) in [5.41, 5.74) is 0. The summed E-state index contributed by atoms with van der Waals surface area (Å²) >= 11 is 0. The number of rotatable bonds is 5. The molecule has 2 rings (SSSR count). The summed E-state index contributed by atoms with van der Waals surface area (Å²) in [4.78, 5) is 0. The third-order valence-electron chi connectivity index (χ3n) is 4.85. The van der Waals surface area contributed by atoms with Crippen LogP contribution in [0.4, 0.5) is 0 Å². The van der Waals surface area contributed by atoms with Crippen LogP contribution in [-0.4, -0.2) is 19.4 Å². The van der Waals surface area contributed by atoms with E-state index < -0.39 is 7.37 Å². The van der Waals surface area contributed by atoms with Crippen LogP contribution in [-0.2, 0) is 9.09 Å². The molecule has 0 unspecified atom stereocenters. The maximum atomic E-state index is 12.9. The van der Waals surface area contributed by atoms with E-state index in [1.54, 1.807) is 7.11 Å². The van der Waals surface area contributed by atoms with Crippen molar-refractivity contribution < 1.29 is 9.09 Å². The lowest BCUT2D eigenvalue weighted by Gasteiger charge is -2.29. The first kappa shape index (κ1) is 14.6. The molecule has 0 atom stereocenters. The van der Waals surface area contributed by atoms with Gasteiger partial charge in [-0.1, -0.05) is 38.5 Å². The normalized spacial score (nSPS) is 24.3. The SMILES string of the molecule is COP(=O)(CC1CCCCC1)CC1CCCCC1. The fourth-order valence-electron chi connectivity index (χ4n) is 3.75. The first-order valence-corrected chi connectivity index (χ1v) is 9.85. The lowest BCUT2D eigenvalue weighted by atomic mass is 9.91. The van der Waals surface area contributed by atoms with Crippen molar-refractivity contribution in [1.82, 2.24) is 0 Å². The molecule has 0 N–H and O–H groups in total. The van der Waals surface area contributed by atoms with Crippen molar-refractivity contribution >= 4 is 7.37 Å². The van der Waals surface area contributed by atoms with Gasteiger partial charge in [0.25, 0.3) is 0 Å². The zero-order chi connectivity index (χ0) is 12.8. The molecule has 2 aliphatic carbocycles. The van der Waals surface area contributed by atoms with Crippen LogP contribution in [0.3, 0.4) is 0 Å². The summed E-state index contributed by atoms with van der Waals surface area (Å²) in [5, 5.41) is 0. The molecule has 0 heterocycles. The van der Waals surface area contributed by atoms with Gasteiger partial charge in [0.1, 0.15) is 0 Å². The molecule has 0 spiro atoms. The van der Waals surface area contributed by atoms with Gasteiger partial charge in [-0.05, 0) is 37.5 Å². The summed E-state index contributed by atoms with van der Waals surface area (Å²) in [6, 6.07) is 0. The molecule has 0 aromatic carbocycles. The maximum Gasteiger partial charge on any atom is 0.203 e. The van der Waals surface area contributed by atoms with Gasteiger partial charge in [0, 0.05) is 19.4 Å². The molecular weight excluding hydrogens is 243 g/mol. The van der Waals surface area contributed by atoms with Gasteiger partial charge in [-0.2, -0.15) is 0 Å². The van der Waals surface area contributed by atoms with Crippen LogP contribution in [0.15, 0.2) is 0 Å². The molecule has 0 radical (unpaired) electrons. The Morgan fingerprint density at radius 2 is 1.22 bits per heavy atom. The van der Waals surface area contributed by atoms with Crippen molar-refractivity contribution in [3.8, 4) is 0 Å². The highest BCUT2D eigenvalue weighted by atomic mass is 31.2. The quantitative estimate of drug-likeness (QED) is 0.653. The standard InChI is InChI=1S/C15H29O2P/c1-17-18(16,12-14-8-4-2-5-9-14)13-15-10-6-3-7-11-15/h14-15H,2-13H2,1H3. The van der Waals surface area contributed by atoms with Gasteiger partial charge in [-0.25, -0.2) is 0 Å². The molecule has 0 amide bonds. The average Bonchev–Trinajstić information content (AvgIpc) is 2.41. The molecule has 0 bridgehead atoms. The maximum absolute atomic E-state index is 12.9. The van der Waals surface area contributed by atoms with Crippen LogP contribution < -0.4 is 0 Å². The lowest BCUT2D eigenvalue weighted by molar-refractivity contribution is 0.331. The Hall–Kier alpha value is 0.190. The summed E-state index contributed by atoms with van der Waals surface area (Å²) < 4.78 is 18.4. The highest BCUT2D eigenvalue weighted by molar-refractivity contribution is 7.59. The number of hydrogen-bond acceptors (Lipinski definition) is 2. The second kappa shape index (κ2) is 7.10. The largest absolute Gasteiger partial charge is 0.332 e. The molecule has 2 fully saturated rings. The Bertz CT molecular complexity index is 254. The van der Waals surface area contributed by atoms with E-state index in [-0.39, 0.29) is 0 Å². The molecule has 2 saturated carbocycles. The Balaban J connectivity index is 1.85. The summed E-state index contributed by atoms with van der Waals surface area (Å²) in [6.07, 6.45) is 14.9. The fourth-order valence-corrected chi connectivity index (χ4v) is 6.50. The van der Waals surface area contributed by atoms with Crippen LogP contribution in [0.25, 0.3) is 0 Å². The Labute approximate surface area is 112 Å². The van der Waals surface area contributed by atoms with Crippen LogP contribution >= 0.6 is 7.37 Å². The van der Waals surface area contributed by atoms with E-state index in [0.717, 1.165) is 12.3 Å². The molecule has 106 valence electrons. The van der Waals surface area contributed by atoms with Crippen molar-refractivity contribution in [3.63, 3.8) is 0 Å². The minimum Gasteiger partial charge on any atom is -0.332 e. The van der Waals surface area contributed by atoms with Crippen molar-refractivity contribution in [1.29, 1.82) is 0 Å². The minimum atomic E-state index is -2.34. The second-order valence-corrected chi connectivity index (χ2v) is 9.09. The average molecular weight is 272 g/mol. The molecular formula is C15H29O2P. The van der Waals surface area contributed by atoms with Gasteiger partial charge in [0.15, 0.2) is 0 Å². The van der Waals surface area contributed by atoms with Crippen molar-refractivity contribution in [2.75, 3.05) is 19.4 Å². The molecule has 0 aromatic heterocycles. The van der Waals surface area contributed by atoms with E-state index in [2.05, 4.69) is 0 Å². The third-order valence-corrected chi connectivity index (χ3v) is 7.67. The number of hydrogen-bond donors (Lipinski definition) is 0. The Morgan fingerprint density at radius 1 is 0.833 bits per heavy atom. The topological polar surface area (TPSA) is 26.3 Å². The van der Waals surface area contributed by atoms with Crippen molar-refractivity contribution in [3.05, 3.63) is 0 Å².